The lowest BCUT2D eigenvalue weighted by molar-refractivity contribution is -0.142. The van der Waals surface area contributed by atoms with Crippen LogP contribution in [0.15, 0.2) is 41.3 Å². The third-order valence-electron chi connectivity index (χ3n) is 7.05. The third-order valence-corrected chi connectivity index (χ3v) is 8.87. The zero-order chi connectivity index (χ0) is 23.4. The van der Waals surface area contributed by atoms with E-state index in [-0.39, 0.29) is 16.6 Å². The van der Waals surface area contributed by atoms with Crippen LogP contribution in [0.4, 0.5) is 0 Å². The molecule has 31 heavy (non-hydrogen) atoms. The van der Waals surface area contributed by atoms with E-state index in [1.165, 1.54) is 5.56 Å². The van der Waals surface area contributed by atoms with Crippen molar-refractivity contribution in [1.29, 1.82) is 0 Å². The molecule has 1 aliphatic rings. The quantitative estimate of drug-likeness (QED) is 0.647. The maximum absolute atomic E-state index is 13.4. The van der Waals surface area contributed by atoms with E-state index in [1.54, 1.807) is 38.1 Å². The molecule has 0 saturated carbocycles. The van der Waals surface area contributed by atoms with E-state index in [1.807, 2.05) is 13.0 Å². The standard InChI is InChI=1S/C26H34O4S/c1-17-14-20-21(25(4,5)13-12-24(20,2)3)15-22(17)31(29,30)16-18-8-10-19(11-9-18)26(6,7)23(27)28/h8-11,14-15H,12-13,16H2,1-7H3,(H,27,28). The number of hydrogen-bond acceptors (Lipinski definition) is 3. The topological polar surface area (TPSA) is 71.4 Å². The lowest BCUT2D eigenvalue weighted by atomic mass is 9.63. The molecule has 0 spiro atoms. The molecule has 168 valence electrons. The molecule has 2 aromatic rings. The summed E-state index contributed by atoms with van der Waals surface area (Å²) >= 11 is 0. The maximum Gasteiger partial charge on any atom is 0.313 e. The fourth-order valence-electron chi connectivity index (χ4n) is 4.48. The summed E-state index contributed by atoms with van der Waals surface area (Å²) in [4.78, 5) is 11.9. The normalized spacial score (nSPS) is 17.8. The average Bonchev–Trinajstić information content (AvgIpc) is 2.65. The van der Waals surface area contributed by atoms with Crippen molar-refractivity contribution < 1.29 is 18.3 Å². The molecule has 1 N–H and O–H groups in total. The lowest BCUT2D eigenvalue weighted by Gasteiger charge is -2.42. The molecule has 0 bridgehead atoms. The molecule has 4 nitrogen and oxygen atoms in total. The van der Waals surface area contributed by atoms with Crippen LogP contribution in [0, 0.1) is 6.92 Å². The highest BCUT2D eigenvalue weighted by Gasteiger charge is 2.38. The number of carboxylic acid groups (broad SMARTS) is 1. The number of fused-ring (bicyclic) bond motifs is 1. The van der Waals surface area contributed by atoms with Crippen LogP contribution in [-0.2, 0) is 36.6 Å². The first-order valence-electron chi connectivity index (χ1n) is 10.8. The van der Waals surface area contributed by atoms with Gasteiger partial charge < -0.3 is 5.11 Å². The van der Waals surface area contributed by atoms with E-state index in [0.29, 0.717) is 16.0 Å². The van der Waals surface area contributed by atoms with Crippen molar-refractivity contribution in [2.24, 2.45) is 0 Å². The van der Waals surface area contributed by atoms with Crippen molar-refractivity contribution in [3.05, 3.63) is 64.2 Å². The Morgan fingerprint density at radius 3 is 1.94 bits per heavy atom. The van der Waals surface area contributed by atoms with Gasteiger partial charge in [-0.15, -0.1) is 0 Å². The minimum absolute atomic E-state index is 0.0324. The van der Waals surface area contributed by atoms with Crippen molar-refractivity contribution in [3.8, 4) is 0 Å². The Balaban J connectivity index is 1.99. The number of hydrogen-bond donors (Lipinski definition) is 1. The summed E-state index contributed by atoms with van der Waals surface area (Å²) < 4.78 is 26.8. The van der Waals surface area contributed by atoms with Crippen molar-refractivity contribution >= 4 is 15.8 Å². The molecule has 0 aromatic heterocycles. The summed E-state index contributed by atoms with van der Waals surface area (Å²) in [5.74, 6) is -1.02. The van der Waals surface area contributed by atoms with Gasteiger partial charge in [0.25, 0.3) is 0 Å². The summed E-state index contributed by atoms with van der Waals surface area (Å²) in [6, 6.07) is 10.8. The minimum atomic E-state index is -3.55. The van der Waals surface area contributed by atoms with Crippen LogP contribution < -0.4 is 0 Å². The van der Waals surface area contributed by atoms with Gasteiger partial charge in [-0.05, 0) is 78.3 Å². The van der Waals surface area contributed by atoms with Crippen LogP contribution in [0.5, 0.6) is 0 Å². The number of sulfone groups is 1. The molecular weight excluding hydrogens is 408 g/mol. The lowest BCUT2D eigenvalue weighted by Crippen LogP contribution is -2.34. The van der Waals surface area contributed by atoms with Crippen LogP contribution >= 0.6 is 0 Å². The first-order valence-corrected chi connectivity index (χ1v) is 12.4. The fourth-order valence-corrected chi connectivity index (χ4v) is 6.11. The van der Waals surface area contributed by atoms with Crippen LogP contribution in [-0.4, -0.2) is 19.5 Å². The Labute approximate surface area is 186 Å². The van der Waals surface area contributed by atoms with Gasteiger partial charge in [-0.3, -0.25) is 4.79 Å². The highest BCUT2D eigenvalue weighted by molar-refractivity contribution is 7.90. The Hall–Kier alpha value is -2.14. The summed E-state index contributed by atoms with van der Waals surface area (Å²) in [6.45, 7) is 14.0. The van der Waals surface area contributed by atoms with Gasteiger partial charge in [0.15, 0.2) is 9.84 Å². The Morgan fingerprint density at radius 1 is 0.968 bits per heavy atom. The summed E-state index contributed by atoms with van der Waals surface area (Å²) in [5.41, 5.74) is 3.42. The van der Waals surface area contributed by atoms with Gasteiger partial charge >= 0.3 is 5.97 Å². The van der Waals surface area contributed by atoms with Gasteiger partial charge in [0.1, 0.15) is 0 Å². The van der Waals surface area contributed by atoms with Crippen LogP contribution in [0.1, 0.15) is 82.2 Å². The van der Waals surface area contributed by atoms with Crippen molar-refractivity contribution in [2.75, 3.05) is 0 Å². The second-order valence-corrected chi connectivity index (χ2v) is 12.8. The highest BCUT2D eigenvalue weighted by atomic mass is 32.2. The Kier molecular flexibility index (Phi) is 5.67. The SMILES string of the molecule is Cc1cc2c(cc1S(=O)(=O)Cc1ccc(C(C)(C)C(=O)O)cc1)C(C)(C)CCC2(C)C. The Morgan fingerprint density at radius 2 is 1.45 bits per heavy atom. The van der Waals surface area contributed by atoms with Crippen molar-refractivity contribution in [1.82, 2.24) is 0 Å². The molecule has 1 aliphatic carbocycles. The number of benzene rings is 2. The van der Waals surface area contributed by atoms with Crippen molar-refractivity contribution in [2.45, 2.75) is 88.2 Å². The van der Waals surface area contributed by atoms with E-state index < -0.39 is 21.2 Å². The second kappa shape index (κ2) is 7.47. The zero-order valence-corrected chi connectivity index (χ0v) is 20.5. The molecule has 0 unspecified atom stereocenters. The molecule has 0 amide bonds. The molecule has 0 heterocycles. The van der Waals surface area contributed by atoms with E-state index >= 15 is 0 Å². The summed E-state index contributed by atoms with van der Waals surface area (Å²) in [5, 5.41) is 9.41. The number of aryl methyl sites for hydroxylation is 1. The van der Waals surface area contributed by atoms with Crippen LogP contribution in [0.2, 0.25) is 0 Å². The number of carboxylic acids is 1. The molecular formula is C26H34O4S. The van der Waals surface area contributed by atoms with Gasteiger partial charge in [0.2, 0.25) is 0 Å². The molecule has 0 fully saturated rings. The van der Waals surface area contributed by atoms with Crippen LogP contribution in [0.3, 0.4) is 0 Å². The number of aliphatic carboxylic acids is 1. The Bertz CT molecular complexity index is 1120. The molecule has 0 atom stereocenters. The molecule has 0 saturated heterocycles. The van der Waals surface area contributed by atoms with E-state index in [0.717, 1.165) is 24.0 Å². The van der Waals surface area contributed by atoms with E-state index in [9.17, 15) is 18.3 Å². The van der Waals surface area contributed by atoms with Gasteiger partial charge in [-0.2, -0.15) is 0 Å². The molecule has 0 aliphatic heterocycles. The van der Waals surface area contributed by atoms with E-state index in [2.05, 4.69) is 33.8 Å². The molecule has 3 rings (SSSR count). The largest absolute Gasteiger partial charge is 0.481 e. The first kappa shape index (κ1) is 23.5. The minimum Gasteiger partial charge on any atom is -0.481 e. The molecule has 0 radical (unpaired) electrons. The smallest absolute Gasteiger partial charge is 0.313 e. The summed E-state index contributed by atoms with van der Waals surface area (Å²) in [6.07, 6.45) is 2.11. The molecule has 2 aromatic carbocycles. The van der Waals surface area contributed by atoms with Gasteiger partial charge in [-0.1, -0.05) is 58.0 Å². The monoisotopic (exact) mass is 442 g/mol. The number of carbonyl (C=O) groups is 1. The highest BCUT2D eigenvalue weighted by Crippen LogP contribution is 2.47. The zero-order valence-electron chi connectivity index (χ0n) is 19.7. The predicted octanol–water partition coefficient (Wildman–Crippen LogP) is 5.68. The fraction of sp³-hybridized carbons (Fsp3) is 0.500. The second-order valence-electron chi connectivity index (χ2n) is 10.8. The maximum atomic E-state index is 13.4. The number of rotatable bonds is 5. The summed E-state index contributed by atoms with van der Waals surface area (Å²) in [7, 11) is -3.55. The third kappa shape index (κ3) is 4.30. The van der Waals surface area contributed by atoms with Crippen molar-refractivity contribution in [3.63, 3.8) is 0 Å². The molecule has 5 heteroatoms. The van der Waals surface area contributed by atoms with Gasteiger partial charge in [0, 0.05) is 0 Å². The van der Waals surface area contributed by atoms with Crippen LogP contribution in [0.25, 0.3) is 0 Å². The predicted molar refractivity (Wildman–Crippen MR) is 124 cm³/mol. The van der Waals surface area contributed by atoms with Gasteiger partial charge in [-0.25, -0.2) is 8.42 Å². The van der Waals surface area contributed by atoms with E-state index in [4.69, 9.17) is 0 Å². The van der Waals surface area contributed by atoms with Gasteiger partial charge in [0.05, 0.1) is 16.1 Å². The average molecular weight is 443 g/mol. The first-order chi connectivity index (χ1) is 14.1.